The number of hydrogen-bond donors (Lipinski definition) is 1. The molecular weight excluding hydrogens is 411 g/mol. The Labute approximate surface area is 188 Å². The van der Waals surface area contributed by atoms with Crippen LogP contribution in [0.25, 0.3) is 5.70 Å². The normalized spacial score (nSPS) is 18.8. The first kappa shape index (κ1) is 23.8. The molecule has 1 aliphatic carbocycles. The molecule has 1 amide bonds. The summed E-state index contributed by atoms with van der Waals surface area (Å²) in [7, 11) is 1.74. The smallest absolute Gasteiger partial charge is 0.249 e. The van der Waals surface area contributed by atoms with Crippen LogP contribution in [0.3, 0.4) is 0 Å². The van der Waals surface area contributed by atoms with Gasteiger partial charge in [0.1, 0.15) is 11.5 Å². The number of carbonyl (C=O) groups is 1. The molecule has 8 nitrogen and oxygen atoms in total. The van der Waals surface area contributed by atoms with Crippen LogP contribution < -0.4 is 0 Å². The van der Waals surface area contributed by atoms with Crippen molar-refractivity contribution >= 4 is 24.3 Å². The lowest BCUT2D eigenvalue weighted by atomic mass is 9.95. The molecule has 2 heterocycles. The van der Waals surface area contributed by atoms with E-state index in [2.05, 4.69) is 27.9 Å². The molecule has 0 saturated carbocycles. The lowest BCUT2D eigenvalue weighted by Crippen LogP contribution is -2.43. The summed E-state index contributed by atoms with van der Waals surface area (Å²) in [6.45, 7) is 8.15. The predicted molar refractivity (Wildman–Crippen MR) is 123 cm³/mol. The predicted octanol–water partition coefficient (Wildman–Crippen LogP) is 3.87. The number of halogens is 1. The maximum absolute atomic E-state index is 14.4. The summed E-state index contributed by atoms with van der Waals surface area (Å²) < 4.78 is 16.0. The summed E-state index contributed by atoms with van der Waals surface area (Å²) in [5.74, 6) is -0.622. The van der Waals surface area contributed by atoms with Gasteiger partial charge in [0, 0.05) is 26.1 Å². The molecule has 0 aromatic carbocycles. The Bertz CT molecular complexity index is 917. The number of aromatic nitrogens is 2. The molecule has 9 heteroatoms. The zero-order valence-corrected chi connectivity index (χ0v) is 19.2. The Morgan fingerprint density at radius 3 is 2.62 bits per heavy atom. The second-order valence-corrected chi connectivity index (χ2v) is 8.52. The van der Waals surface area contributed by atoms with Crippen LogP contribution in [0.1, 0.15) is 56.7 Å². The number of likely N-dealkylation sites (tertiary alicyclic amines) is 1. The van der Waals surface area contributed by atoms with Crippen molar-refractivity contribution in [2.75, 3.05) is 19.6 Å². The summed E-state index contributed by atoms with van der Waals surface area (Å²) in [5, 5.41) is 15.3. The molecule has 0 unspecified atom stereocenters. The molecule has 1 aromatic heterocycles. The van der Waals surface area contributed by atoms with Crippen molar-refractivity contribution in [3.8, 4) is 0 Å². The van der Waals surface area contributed by atoms with Crippen molar-refractivity contribution in [1.29, 1.82) is 0 Å². The van der Waals surface area contributed by atoms with E-state index < -0.39 is 5.83 Å². The third kappa shape index (κ3) is 5.51. The topological polar surface area (TPSA) is 86.3 Å². The number of aliphatic imine (C=N–C) groups is 2. The van der Waals surface area contributed by atoms with Gasteiger partial charge in [0.25, 0.3) is 0 Å². The summed E-state index contributed by atoms with van der Waals surface area (Å²) in [6, 6.07) is 0. The lowest BCUT2D eigenvalue weighted by Gasteiger charge is -2.33. The largest absolute Gasteiger partial charge is 0.341 e. The molecule has 1 aliphatic heterocycles. The number of carbonyl (C=O) groups excluding carboxylic acids is 1. The molecule has 32 heavy (non-hydrogen) atoms. The maximum atomic E-state index is 14.4. The van der Waals surface area contributed by atoms with Gasteiger partial charge in [-0.2, -0.15) is 5.10 Å². The quantitative estimate of drug-likeness (QED) is 0.246. The highest BCUT2D eigenvalue weighted by molar-refractivity contribution is 5.90. The molecule has 174 valence electrons. The number of guanidine groups is 1. The number of piperidine rings is 1. The van der Waals surface area contributed by atoms with E-state index in [1.165, 1.54) is 13.3 Å². The van der Waals surface area contributed by atoms with Crippen molar-refractivity contribution in [1.82, 2.24) is 19.7 Å². The molecule has 2 aliphatic rings. The summed E-state index contributed by atoms with van der Waals surface area (Å²) in [6.07, 6.45) is 9.13. The molecule has 1 fully saturated rings. The van der Waals surface area contributed by atoms with Crippen molar-refractivity contribution in [3.05, 3.63) is 34.9 Å². The minimum absolute atomic E-state index is 0.172. The monoisotopic (exact) mass is 444 g/mol. The van der Waals surface area contributed by atoms with E-state index in [9.17, 15) is 14.4 Å². The highest BCUT2D eigenvalue weighted by atomic mass is 19.1. The van der Waals surface area contributed by atoms with E-state index >= 15 is 0 Å². The van der Waals surface area contributed by atoms with Crippen LogP contribution in [0.2, 0.25) is 0 Å². The third-order valence-electron chi connectivity index (χ3n) is 6.14. The van der Waals surface area contributed by atoms with Crippen LogP contribution in [0.4, 0.5) is 4.39 Å². The number of nitrogens with zero attached hydrogens (tertiary/aromatic N) is 6. The molecule has 0 bridgehead atoms. The van der Waals surface area contributed by atoms with E-state index in [0.29, 0.717) is 37.6 Å². The maximum Gasteiger partial charge on any atom is 0.249 e. The van der Waals surface area contributed by atoms with Gasteiger partial charge in [-0.05, 0) is 64.7 Å². The molecule has 0 atom stereocenters. The standard InChI is InChI=1S/C23H33FN6O2/c1-16-14-26-28(4)21(16)20(17(2)24)27-23(25-3)29-12-10-19(11-13-29)22(31)30(32)15-18-8-6-5-7-9-18/h8,14,19,32H,3,5-7,9-13,15H2,1-2,4H3/b20-17+,27-23+. The van der Waals surface area contributed by atoms with Crippen LogP contribution in [0.15, 0.2) is 33.7 Å². The third-order valence-corrected chi connectivity index (χ3v) is 6.14. The van der Waals surface area contributed by atoms with Crippen molar-refractivity contribution in [3.63, 3.8) is 0 Å². The summed E-state index contributed by atoms with van der Waals surface area (Å²) in [4.78, 5) is 23.1. The molecule has 0 spiro atoms. The van der Waals surface area contributed by atoms with Crippen molar-refractivity contribution < 1.29 is 14.4 Å². The van der Waals surface area contributed by atoms with Crippen LogP contribution >= 0.6 is 0 Å². The number of aryl methyl sites for hydroxylation is 2. The fourth-order valence-corrected chi connectivity index (χ4v) is 4.34. The molecule has 1 aromatic rings. The number of rotatable bonds is 5. The SMILES string of the molecule is C=N/C(=N\C(=C(/C)F)c1c(C)cnn1C)N1CCC(C(=O)N(O)CC2=CCCCC2)CC1. The van der Waals surface area contributed by atoms with Gasteiger partial charge in [0.2, 0.25) is 11.9 Å². The summed E-state index contributed by atoms with van der Waals surface area (Å²) >= 11 is 0. The highest BCUT2D eigenvalue weighted by Gasteiger charge is 2.30. The van der Waals surface area contributed by atoms with Gasteiger partial charge < -0.3 is 4.90 Å². The average Bonchev–Trinajstić information content (AvgIpc) is 3.12. The van der Waals surface area contributed by atoms with Crippen LogP contribution in [0.5, 0.6) is 0 Å². The van der Waals surface area contributed by atoms with Gasteiger partial charge in [-0.3, -0.25) is 14.7 Å². The Hall–Kier alpha value is -2.81. The van der Waals surface area contributed by atoms with Crippen molar-refractivity contribution in [2.24, 2.45) is 23.0 Å². The minimum Gasteiger partial charge on any atom is -0.341 e. The Morgan fingerprint density at radius 1 is 1.38 bits per heavy atom. The van der Waals surface area contributed by atoms with E-state index in [-0.39, 0.29) is 24.1 Å². The second kappa shape index (κ2) is 10.7. The first-order chi connectivity index (χ1) is 15.3. The van der Waals surface area contributed by atoms with Crippen LogP contribution in [-0.2, 0) is 11.8 Å². The Morgan fingerprint density at radius 2 is 2.09 bits per heavy atom. The second-order valence-electron chi connectivity index (χ2n) is 8.52. The van der Waals surface area contributed by atoms with Gasteiger partial charge in [0.15, 0.2) is 0 Å². The fraction of sp³-hybridized carbons (Fsp3) is 0.565. The van der Waals surface area contributed by atoms with E-state index in [1.54, 1.807) is 17.9 Å². The van der Waals surface area contributed by atoms with Crippen LogP contribution in [0, 0.1) is 12.8 Å². The van der Waals surface area contributed by atoms with E-state index in [0.717, 1.165) is 35.5 Å². The first-order valence-corrected chi connectivity index (χ1v) is 11.2. The molecule has 1 saturated heterocycles. The number of allylic oxidation sites excluding steroid dienone is 2. The Balaban J connectivity index is 1.66. The van der Waals surface area contributed by atoms with Crippen molar-refractivity contribution in [2.45, 2.75) is 52.4 Å². The number of hydrogen-bond acceptors (Lipinski definition) is 4. The zero-order valence-electron chi connectivity index (χ0n) is 19.2. The molecule has 0 radical (unpaired) electrons. The van der Waals surface area contributed by atoms with Crippen LogP contribution in [-0.4, -0.2) is 63.2 Å². The van der Waals surface area contributed by atoms with Gasteiger partial charge >= 0.3 is 0 Å². The minimum atomic E-state index is -0.434. The fourth-order valence-electron chi connectivity index (χ4n) is 4.34. The molecule has 3 rings (SSSR count). The van der Waals surface area contributed by atoms with Gasteiger partial charge in [-0.25, -0.2) is 19.4 Å². The Kier molecular flexibility index (Phi) is 7.95. The van der Waals surface area contributed by atoms with E-state index in [4.69, 9.17) is 0 Å². The zero-order chi connectivity index (χ0) is 23.3. The van der Waals surface area contributed by atoms with E-state index in [1.807, 2.05) is 11.8 Å². The summed E-state index contributed by atoms with van der Waals surface area (Å²) in [5.41, 5.74) is 2.70. The van der Waals surface area contributed by atoms with Gasteiger partial charge in [-0.1, -0.05) is 11.6 Å². The van der Waals surface area contributed by atoms with Gasteiger partial charge in [0.05, 0.1) is 18.4 Å². The average molecular weight is 445 g/mol. The molecular formula is C23H33FN6O2. The molecule has 1 N–H and O–H groups in total. The number of amides is 1. The van der Waals surface area contributed by atoms with Gasteiger partial charge in [-0.15, -0.1) is 0 Å². The number of hydroxylamine groups is 2. The highest BCUT2D eigenvalue weighted by Crippen LogP contribution is 2.26. The lowest BCUT2D eigenvalue weighted by molar-refractivity contribution is -0.169. The first-order valence-electron chi connectivity index (χ1n) is 11.2.